The minimum atomic E-state index is -0.138. The van der Waals surface area contributed by atoms with Crippen LogP contribution in [0.2, 0.25) is 0 Å². The Labute approximate surface area is 104 Å². The van der Waals surface area contributed by atoms with Gasteiger partial charge in [0, 0.05) is 12.6 Å². The van der Waals surface area contributed by atoms with Crippen molar-refractivity contribution in [3.05, 3.63) is 35.6 Å². The number of rotatable bonds is 3. The molecule has 1 aliphatic rings. The molecule has 1 aliphatic heterocycles. The van der Waals surface area contributed by atoms with Gasteiger partial charge in [0.15, 0.2) is 0 Å². The molecule has 1 aromatic carbocycles. The van der Waals surface area contributed by atoms with Crippen LogP contribution in [0, 0.1) is 11.7 Å². The number of nitrogens with zero attached hydrogens (tertiary/aromatic N) is 1. The third kappa shape index (κ3) is 3.53. The molecule has 1 heterocycles. The Morgan fingerprint density at radius 1 is 1.29 bits per heavy atom. The molecule has 1 fully saturated rings. The highest BCUT2D eigenvalue weighted by Gasteiger charge is 2.21. The molecule has 0 N–H and O–H groups in total. The van der Waals surface area contributed by atoms with E-state index in [-0.39, 0.29) is 5.82 Å². The van der Waals surface area contributed by atoms with Crippen LogP contribution in [0.4, 0.5) is 4.39 Å². The van der Waals surface area contributed by atoms with E-state index in [4.69, 9.17) is 0 Å². The van der Waals surface area contributed by atoms with Gasteiger partial charge in [-0.25, -0.2) is 4.39 Å². The number of hydrogen-bond acceptors (Lipinski definition) is 1. The second-order valence-corrected chi connectivity index (χ2v) is 5.43. The van der Waals surface area contributed by atoms with Gasteiger partial charge in [-0.05, 0) is 63.3 Å². The molecule has 2 rings (SSSR count). The lowest BCUT2D eigenvalue weighted by Crippen LogP contribution is -2.40. The van der Waals surface area contributed by atoms with Gasteiger partial charge in [0.05, 0.1) is 0 Å². The van der Waals surface area contributed by atoms with Crippen molar-refractivity contribution in [2.24, 2.45) is 5.92 Å². The Bertz CT molecular complexity index is 344. The van der Waals surface area contributed by atoms with Crippen molar-refractivity contribution in [2.45, 2.75) is 39.2 Å². The van der Waals surface area contributed by atoms with Crippen molar-refractivity contribution in [2.75, 3.05) is 13.1 Å². The smallest absolute Gasteiger partial charge is 0.123 e. The largest absolute Gasteiger partial charge is 0.301 e. The van der Waals surface area contributed by atoms with Gasteiger partial charge in [-0.2, -0.15) is 0 Å². The van der Waals surface area contributed by atoms with Gasteiger partial charge in [-0.3, -0.25) is 0 Å². The Balaban J connectivity index is 1.92. The molecule has 0 aliphatic carbocycles. The summed E-state index contributed by atoms with van der Waals surface area (Å²) in [5.74, 6) is 0.595. The fourth-order valence-electron chi connectivity index (χ4n) is 2.69. The topological polar surface area (TPSA) is 3.24 Å². The van der Waals surface area contributed by atoms with Gasteiger partial charge in [0.25, 0.3) is 0 Å². The van der Waals surface area contributed by atoms with Crippen molar-refractivity contribution in [1.82, 2.24) is 4.90 Å². The number of hydrogen-bond donors (Lipinski definition) is 0. The highest BCUT2D eigenvalue weighted by atomic mass is 19.1. The maximum Gasteiger partial charge on any atom is 0.123 e. The van der Waals surface area contributed by atoms with E-state index in [1.54, 1.807) is 12.1 Å². The molecule has 0 bridgehead atoms. The Morgan fingerprint density at radius 3 is 2.65 bits per heavy atom. The van der Waals surface area contributed by atoms with Gasteiger partial charge in [0.1, 0.15) is 5.82 Å². The van der Waals surface area contributed by atoms with E-state index in [0.717, 1.165) is 12.3 Å². The molecule has 0 amide bonds. The van der Waals surface area contributed by atoms with E-state index < -0.39 is 0 Å². The van der Waals surface area contributed by atoms with Gasteiger partial charge >= 0.3 is 0 Å². The average molecular weight is 235 g/mol. The number of halogens is 1. The third-order valence-corrected chi connectivity index (χ3v) is 3.72. The zero-order chi connectivity index (χ0) is 12.3. The Morgan fingerprint density at radius 2 is 2.00 bits per heavy atom. The van der Waals surface area contributed by atoms with Crippen molar-refractivity contribution >= 4 is 0 Å². The second-order valence-electron chi connectivity index (χ2n) is 5.43. The van der Waals surface area contributed by atoms with Gasteiger partial charge in [-0.15, -0.1) is 0 Å². The fraction of sp³-hybridized carbons (Fsp3) is 0.600. The van der Waals surface area contributed by atoms with Crippen LogP contribution in [0.25, 0.3) is 0 Å². The highest BCUT2D eigenvalue weighted by Crippen LogP contribution is 2.22. The maximum atomic E-state index is 12.8. The number of piperidine rings is 1. The first-order valence-corrected chi connectivity index (χ1v) is 6.63. The monoisotopic (exact) mass is 235 g/mol. The molecule has 1 unspecified atom stereocenters. The molecule has 1 nitrogen and oxygen atoms in total. The Kier molecular flexibility index (Phi) is 4.16. The predicted octanol–water partition coefficient (Wildman–Crippen LogP) is 3.49. The van der Waals surface area contributed by atoms with Gasteiger partial charge in [0.2, 0.25) is 0 Å². The first-order chi connectivity index (χ1) is 8.15. The highest BCUT2D eigenvalue weighted by molar-refractivity contribution is 5.16. The lowest BCUT2D eigenvalue weighted by atomic mass is 9.91. The molecule has 0 radical (unpaired) electrons. The van der Waals surface area contributed by atoms with Crippen LogP contribution < -0.4 is 0 Å². The zero-order valence-electron chi connectivity index (χ0n) is 10.8. The summed E-state index contributed by atoms with van der Waals surface area (Å²) < 4.78 is 12.8. The summed E-state index contributed by atoms with van der Waals surface area (Å²) in [6.07, 6.45) is 3.69. The first-order valence-electron chi connectivity index (χ1n) is 6.63. The van der Waals surface area contributed by atoms with Crippen molar-refractivity contribution in [3.63, 3.8) is 0 Å². The van der Waals surface area contributed by atoms with Crippen LogP contribution in [0.1, 0.15) is 32.3 Å². The quantitative estimate of drug-likeness (QED) is 0.775. The number of likely N-dealkylation sites (tertiary alicyclic amines) is 1. The summed E-state index contributed by atoms with van der Waals surface area (Å²) in [6, 6.07) is 7.62. The van der Waals surface area contributed by atoms with Crippen LogP contribution in [-0.4, -0.2) is 24.0 Å². The first kappa shape index (κ1) is 12.6. The molecule has 1 aromatic rings. The SMILES string of the molecule is CC(C)N1CCCC(Cc2ccc(F)cc2)C1. The van der Waals surface area contributed by atoms with Crippen LogP contribution in [0.5, 0.6) is 0 Å². The molecule has 17 heavy (non-hydrogen) atoms. The van der Waals surface area contributed by atoms with E-state index in [1.165, 1.54) is 31.5 Å². The van der Waals surface area contributed by atoms with Crippen molar-refractivity contribution in [3.8, 4) is 0 Å². The van der Waals surface area contributed by atoms with Crippen molar-refractivity contribution < 1.29 is 4.39 Å². The maximum absolute atomic E-state index is 12.8. The summed E-state index contributed by atoms with van der Waals surface area (Å²) in [7, 11) is 0. The number of benzene rings is 1. The third-order valence-electron chi connectivity index (χ3n) is 3.72. The van der Waals surface area contributed by atoms with E-state index in [1.807, 2.05) is 12.1 Å². The summed E-state index contributed by atoms with van der Waals surface area (Å²) in [4.78, 5) is 2.55. The molecular weight excluding hydrogens is 213 g/mol. The lowest BCUT2D eigenvalue weighted by molar-refractivity contribution is 0.139. The lowest BCUT2D eigenvalue weighted by Gasteiger charge is -2.35. The fourth-order valence-corrected chi connectivity index (χ4v) is 2.69. The van der Waals surface area contributed by atoms with Crippen molar-refractivity contribution in [1.29, 1.82) is 0 Å². The standard InChI is InChI=1S/C15H22FN/c1-12(2)17-9-3-4-14(11-17)10-13-5-7-15(16)8-6-13/h5-8,12,14H,3-4,9-11H2,1-2H3. The van der Waals surface area contributed by atoms with Crippen LogP contribution in [-0.2, 0) is 6.42 Å². The van der Waals surface area contributed by atoms with E-state index in [9.17, 15) is 4.39 Å². The normalized spacial score (nSPS) is 22.0. The Hall–Kier alpha value is -0.890. The molecule has 94 valence electrons. The minimum absolute atomic E-state index is 0.138. The molecule has 1 atom stereocenters. The molecule has 0 saturated carbocycles. The summed E-state index contributed by atoms with van der Waals surface area (Å²) in [6.45, 7) is 6.95. The molecular formula is C15H22FN. The minimum Gasteiger partial charge on any atom is -0.301 e. The zero-order valence-corrected chi connectivity index (χ0v) is 10.8. The summed E-state index contributed by atoms with van der Waals surface area (Å²) in [5, 5.41) is 0. The van der Waals surface area contributed by atoms with E-state index in [2.05, 4.69) is 18.7 Å². The van der Waals surface area contributed by atoms with Gasteiger partial charge < -0.3 is 4.90 Å². The van der Waals surface area contributed by atoms with Crippen LogP contribution in [0.15, 0.2) is 24.3 Å². The summed E-state index contributed by atoms with van der Waals surface area (Å²) >= 11 is 0. The average Bonchev–Trinajstić information content (AvgIpc) is 2.32. The molecule has 1 saturated heterocycles. The van der Waals surface area contributed by atoms with Crippen LogP contribution in [0.3, 0.4) is 0 Å². The second kappa shape index (κ2) is 5.63. The van der Waals surface area contributed by atoms with Gasteiger partial charge in [-0.1, -0.05) is 12.1 Å². The van der Waals surface area contributed by atoms with Crippen LogP contribution >= 0.6 is 0 Å². The van der Waals surface area contributed by atoms with E-state index >= 15 is 0 Å². The summed E-state index contributed by atoms with van der Waals surface area (Å²) in [5.41, 5.74) is 1.27. The molecule has 0 spiro atoms. The van der Waals surface area contributed by atoms with E-state index in [0.29, 0.717) is 6.04 Å². The molecule has 2 heteroatoms. The molecule has 0 aromatic heterocycles. The predicted molar refractivity (Wildman–Crippen MR) is 69.5 cm³/mol.